The largest absolute Gasteiger partial charge is 0.395 e. The molecule has 2 rings (SSSR count). The Morgan fingerprint density at radius 1 is 1.50 bits per heavy atom. The standard InChI is InChI=1S/C10H15ClN2O3S2/c11-10-12-7-9(17-10)18(15,16)13(5-6-14)8-3-1-2-4-8/h7-8,14H,1-6H2. The van der Waals surface area contributed by atoms with Gasteiger partial charge in [-0.15, -0.1) is 0 Å². The van der Waals surface area contributed by atoms with Crippen LogP contribution in [0.5, 0.6) is 0 Å². The molecule has 1 aliphatic carbocycles. The van der Waals surface area contributed by atoms with Crippen molar-refractivity contribution < 1.29 is 13.5 Å². The van der Waals surface area contributed by atoms with Crippen molar-refractivity contribution in [2.24, 2.45) is 0 Å². The van der Waals surface area contributed by atoms with Gasteiger partial charge in [-0.25, -0.2) is 13.4 Å². The first-order valence-corrected chi connectivity index (χ1v) is 8.43. The summed E-state index contributed by atoms with van der Waals surface area (Å²) in [6, 6.07) is -0.0111. The third-order valence-electron chi connectivity index (χ3n) is 3.07. The molecule has 1 saturated carbocycles. The normalized spacial score (nSPS) is 17.7. The lowest BCUT2D eigenvalue weighted by molar-refractivity contribution is 0.226. The van der Waals surface area contributed by atoms with E-state index in [4.69, 9.17) is 16.7 Å². The molecular weight excluding hydrogens is 296 g/mol. The molecule has 0 unspecified atom stereocenters. The molecule has 1 heterocycles. The molecule has 8 heteroatoms. The summed E-state index contributed by atoms with van der Waals surface area (Å²) in [5.41, 5.74) is 0. The zero-order valence-corrected chi connectivity index (χ0v) is 12.1. The van der Waals surface area contributed by atoms with Gasteiger partial charge in [0.05, 0.1) is 12.8 Å². The van der Waals surface area contributed by atoms with Crippen molar-refractivity contribution in [2.75, 3.05) is 13.2 Å². The molecule has 18 heavy (non-hydrogen) atoms. The molecule has 0 atom stereocenters. The number of hydrogen-bond donors (Lipinski definition) is 1. The Morgan fingerprint density at radius 3 is 2.67 bits per heavy atom. The van der Waals surface area contributed by atoms with Crippen LogP contribution in [0.25, 0.3) is 0 Å². The van der Waals surface area contributed by atoms with Crippen LogP contribution in [0.15, 0.2) is 10.4 Å². The first-order chi connectivity index (χ1) is 8.55. The van der Waals surface area contributed by atoms with Crippen LogP contribution in [0.4, 0.5) is 0 Å². The second-order valence-corrected chi connectivity index (χ2v) is 7.94. The van der Waals surface area contributed by atoms with Crippen molar-refractivity contribution in [2.45, 2.75) is 35.9 Å². The quantitative estimate of drug-likeness (QED) is 0.899. The van der Waals surface area contributed by atoms with E-state index in [0.717, 1.165) is 37.0 Å². The fraction of sp³-hybridized carbons (Fsp3) is 0.700. The Kier molecular flexibility index (Phi) is 4.60. The molecule has 1 aromatic heterocycles. The molecule has 0 bridgehead atoms. The fourth-order valence-electron chi connectivity index (χ4n) is 2.26. The van der Waals surface area contributed by atoms with Crippen LogP contribution in [-0.2, 0) is 10.0 Å². The number of sulfonamides is 1. The fourth-order valence-corrected chi connectivity index (χ4v) is 5.36. The van der Waals surface area contributed by atoms with Gasteiger partial charge in [-0.3, -0.25) is 0 Å². The van der Waals surface area contributed by atoms with E-state index in [1.807, 2.05) is 0 Å². The van der Waals surface area contributed by atoms with Crippen molar-refractivity contribution in [3.05, 3.63) is 10.7 Å². The van der Waals surface area contributed by atoms with Crippen LogP contribution >= 0.6 is 22.9 Å². The van der Waals surface area contributed by atoms with Crippen molar-refractivity contribution in [3.63, 3.8) is 0 Å². The molecule has 0 amide bonds. The number of halogens is 1. The van der Waals surface area contributed by atoms with E-state index in [2.05, 4.69) is 4.98 Å². The Labute approximate surface area is 115 Å². The second kappa shape index (κ2) is 5.83. The Morgan fingerprint density at radius 2 is 2.17 bits per heavy atom. The predicted octanol–water partition coefficient (Wildman–Crippen LogP) is 1.72. The van der Waals surface area contributed by atoms with Crippen LogP contribution in [0, 0.1) is 0 Å². The van der Waals surface area contributed by atoms with Gasteiger partial charge in [0.25, 0.3) is 10.0 Å². The van der Waals surface area contributed by atoms with Gasteiger partial charge in [0.2, 0.25) is 0 Å². The lowest BCUT2D eigenvalue weighted by atomic mass is 10.2. The molecule has 5 nitrogen and oxygen atoms in total. The summed E-state index contributed by atoms with van der Waals surface area (Å²) in [6.45, 7) is -0.0508. The van der Waals surface area contributed by atoms with Crippen LogP contribution in [0.3, 0.4) is 0 Å². The SMILES string of the molecule is O=S(=O)(c1cnc(Cl)s1)N(CCO)C1CCCC1. The van der Waals surface area contributed by atoms with Gasteiger partial charge >= 0.3 is 0 Å². The number of aromatic nitrogens is 1. The summed E-state index contributed by atoms with van der Waals surface area (Å²) in [4.78, 5) is 3.77. The summed E-state index contributed by atoms with van der Waals surface area (Å²) in [5.74, 6) is 0. The van der Waals surface area contributed by atoms with Gasteiger partial charge in [0.15, 0.2) is 8.68 Å². The molecule has 1 aromatic rings. The van der Waals surface area contributed by atoms with Crippen molar-refractivity contribution in [1.29, 1.82) is 0 Å². The maximum absolute atomic E-state index is 12.4. The molecule has 0 aromatic carbocycles. The summed E-state index contributed by atoms with van der Waals surface area (Å²) >= 11 is 6.63. The number of thiazole rings is 1. The molecule has 0 saturated heterocycles. The Bertz CT molecular complexity index is 497. The summed E-state index contributed by atoms with van der Waals surface area (Å²) in [5, 5.41) is 9.07. The third kappa shape index (κ3) is 2.85. The van der Waals surface area contributed by atoms with Crippen LogP contribution in [0.2, 0.25) is 4.47 Å². The summed E-state index contributed by atoms with van der Waals surface area (Å²) in [6.07, 6.45) is 5.05. The molecule has 0 aliphatic heterocycles. The van der Waals surface area contributed by atoms with E-state index in [1.54, 1.807) is 0 Å². The number of aliphatic hydroxyl groups excluding tert-OH is 1. The number of rotatable bonds is 5. The highest BCUT2D eigenvalue weighted by Crippen LogP contribution is 2.31. The molecule has 0 spiro atoms. The molecule has 102 valence electrons. The zero-order chi connectivity index (χ0) is 13.2. The monoisotopic (exact) mass is 310 g/mol. The second-order valence-electron chi connectivity index (χ2n) is 4.21. The first-order valence-electron chi connectivity index (χ1n) is 5.79. The smallest absolute Gasteiger partial charge is 0.254 e. The van der Waals surface area contributed by atoms with Gasteiger partial charge in [-0.05, 0) is 12.8 Å². The van der Waals surface area contributed by atoms with Gasteiger partial charge in [0, 0.05) is 12.6 Å². The lowest BCUT2D eigenvalue weighted by Crippen LogP contribution is -2.40. The highest BCUT2D eigenvalue weighted by Gasteiger charge is 2.34. The maximum Gasteiger partial charge on any atom is 0.254 e. The first kappa shape index (κ1) is 14.2. The number of aliphatic hydroxyl groups is 1. The predicted molar refractivity (Wildman–Crippen MR) is 70.4 cm³/mol. The average Bonchev–Trinajstić information content (AvgIpc) is 2.96. The van der Waals surface area contributed by atoms with E-state index >= 15 is 0 Å². The van der Waals surface area contributed by atoms with Gasteiger partial charge < -0.3 is 5.11 Å². The zero-order valence-electron chi connectivity index (χ0n) is 9.75. The van der Waals surface area contributed by atoms with Crippen molar-refractivity contribution >= 4 is 33.0 Å². The van der Waals surface area contributed by atoms with Crippen LogP contribution < -0.4 is 0 Å². The summed E-state index contributed by atoms with van der Waals surface area (Å²) in [7, 11) is -3.58. The summed E-state index contributed by atoms with van der Waals surface area (Å²) < 4.78 is 26.6. The highest BCUT2D eigenvalue weighted by atomic mass is 35.5. The number of hydrogen-bond acceptors (Lipinski definition) is 5. The Hall–Kier alpha value is -0.210. The van der Waals surface area contributed by atoms with Crippen LogP contribution in [-0.4, -0.2) is 42.0 Å². The van der Waals surface area contributed by atoms with E-state index in [0.29, 0.717) is 0 Å². The molecule has 1 fully saturated rings. The molecular formula is C10H15ClN2O3S2. The lowest BCUT2D eigenvalue weighted by Gasteiger charge is -2.26. The molecule has 0 radical (unpaired) electrons. The minimum atomic E-state index is -3.58. The topological polar surface area (TPSA) is 70.5 Å². The van der Waals surface area contributed by atoms with Gasteiger partial charge in [0.1, 0.15) is 0 Å². The maximum atomic E-state index is 12.4. The van der Waals surface area contributed by atoms with E-state index in [9.17, 15) is 8.42 Å². The van der Waals surface area contributed by atoms with E-state index in [-0.39, 0.29) is 27.9 Å². The minimum absolute atomic E-state index is 0.0111. The molecule has 1 N–H and O–H groups in total. The highest BCUT2D eigenvalue weighted by molar-refractivity contribution is 7.91. The van der Waals surface area contributed by atoms with E-state index < -0.39 is 10.0 Å². The Balaban J connectivity index is 2.28. The van der Waals surface area contributed by atoms with E-state index in [1.165, 1.54) is 10.5 Å². The van der Waals surface area contributed by atoms with Crippen molar-refractivity contribution in [1.82, 2.24) is 9.29 Å². The van der Waals surface area contributed by atoms with Gasteiger partial charge in [-0.2, -0.15) is 4.31 Å². The van der Waals surface area contributed by atoms with Crippen molar-refractivity contribution in [3.8, 4) is 0 Å². The average molecular weight is 311 g/mol. The van der Waals surface area contributed by atoms with Gasteiger partial charge in [-0.1, -0.05) is 35.8 Å². The third-order valence-corrected chi connectivity index (χ3v) is 6.57. The molecule has 1 aliphatic rings. The number of nitrogens with zero attached hydrogens (tertiary/aromatic N) is 2. The minimum Gasteiger partial charge on any atom is -0.395 e. The van der Waals surface area contributed by atoms with Crippen LogP contribution in [0.1, 0.15) is 25.7 Å².